The van der Waals surface area contributed by atoms with Gasteiger partial charge < -0.3 is 9.47 Å². The van der Waals surface area contributed by atoms with Crippen LogP contribution in [0.2, 0.25) is 0 Å². The van der Waals surface area contributed by atoms with E-state index in [9.17, 15) is 9.59 Å². The van der Waals surface area contributed by atoms with E-state index in [1.54, 1.807) is 24.3 Å². The Kier molecular flexibility index (Phi) is 9.13. The van der Waals surface area contributed by atoms with Crippen molar-refractivity contribution in [1.82, 2.24) is 0 Å². The molecule has 0 atom stereocenters. The Morgan fingerprint density at radius 2 is 1.42 bits per heavy atom. The lowest BCUT2D eigenvalue weighted by Gasteiger charge is -2.11. The largest absolute Gasteiger partial charge is 0.462 e. The fourth-order valence-corrected chi connectivity index (χ4v) is 2.23. The van der Waals surface area contributed by atoms with Gasteiger partial charge in [0.05, 0.1) is 24.3 Å². The van der Waals surface area contributed by atoms with Gasteiger partial charge in [0.15, 0.2) is 0 Å². The molecule has 0 saturated heterocycles. The van der Waals surface area contributed by atoms with E-state index >= 15 is 0 Å². The standard InChI is InChI=1S/C20H30O4/c1-15(2)10-6-5-9-13-23-19(21)17-11-7-8-12-18(17)20(22)24-14-16(3)4/h7-8,11-12,15-16H,5-6,9-10,13-14H2,1-4H3. The highest BCUT2D eigenvalue weighted by Gasteiger charge is 2.19. The number of ether oxygens (including phenoxy) is 2. The predicted molar refractivity (Wildman–Crippen MR) is 95.2 cm³/mol. The van der Waals surface area contributed by atoms with Crippen molar-refractivity contribution in [2.75, 3.05) is 13.2 Å². The van der Waals surface area contributed by atoms with Gasteiger partial charge in [-0.3, -0.25) is 0 Å². The van der Waals surface area contributed by atoms with E-state index in [-0.39, 0.29) is 17.0 Å². The summed E-state index contributed by atoms with van der Waals surface area (Å²) in [5.41, 5.74) is 0.538. The summed E-state index contributed by atoms with van der Waals surface area (Å²) in [6.45, 7) is 9.05. The topological polar surface area (TPSA) is 52.6 Å². The van der Waals surface area contributed by atoms with Crippen molar-refractivity contribution in [1.29, 1.82) is 0 Å². The summed E-state index contributed by atoms with van der Waals surface area (Å²) in [5, 5.41) is 0. The fourth-order valence-electron chi connectivity index (χ4n) is 2.23. The van der Waals surface area contributed by atoms with Crippen LogP contribution >= 0.6 is 0 Å². The molecule has 0 aliphatic carbocycles. The molecule has 0 amide bonds. The van der Waals surface area contributed by atoms with Crippen molar-refractivity contribution in [3.63, 3.8) is 0 Å². The lowest BCUT2D eigenvalue weighted by Crippen LogP contribution is -2.16. The second kappa shape index (κ2) is 10.8. The lowest BCUT2D eigenvalue weighted by molar-refractivity contribution is 0.0427. The molecule has 4 heteroatoms. The normalized spacial score (nSPS) is 10.9. The third-order valence-corrected chi connectivity index (χ3v) is 3.57. The zero-order chi connectivity index (χ0) is 17.9. The lowest BCUT2D eigenvalue weighted by atomic mass is 10.1. The summed E-state index contributed by atoms with van der Waals surface area (Å²) >= 11 is 0. The Morgan fingerprint density at radius 1 is 0.833 bits per heavy atom. The molecule has 0 unspecified atom stereocenters. The van der Waals surface area contributed by atoms with Crippen LogP contribution in [0, 0.1) is 11.8 Å². The minimum Gasteiger partial charge on any atom is -0.462 e. The minimum absolute atomic E-state index is 0.249. The molecule has 0 aliphatic heterocycles. The number of unbranched alkanes of at least 4 members (excludes halogenated alkanes) is 2. The quantitative estimate of drug-likeness (QED) is 0.452. The third kappa shape index (κ3) is 7.62. The monoisotopic (exact) mass is 334 g/mol. The molecule has 0 N–H and O–H groups in total. The second-order valence-electron chi connectivity index (χ2n) is 6.92. The summed E-state index contributed by atoms with van der Waals surface area (Å²) in [4.78, 5) is 24.3. The van der Waals surface area contributed by atoms with Crippen LogP contribution < -0.4 is 0 Å². The van der Waals surface area contributed by atoms with Gasteiger partial charge in [0, 0.05) is 0 Å². The van der Waals surface area contributed by atoms with Gasteiger partial charge in [-0.25, -0.2) is 9.59 Å². The SMILES string of the molecule is CC(C)CCCCCOC(=O)c1ccccc1C(=O)OCC(C)C. The number of esters is 2. The van der Waals surface area contributed by atoms with E-state index in [1.807, 2.05) is 13.8 Å². The fraction of sp³-hybridized carbons (Fsp3) is 0.600. The molecule has 24 heavy (non-hydrogen) atoms. The molecule has 0 fully saturated rings. The molecule has 1 aromatic rings. The maximum Gasteiger partial charge on any atom is 0.339 e. The van der Waals surface area contributed by atoms with Crippen molar-refractivity contribution in [2.24, 2.45) is 11.8 Å². The van der Waals surface area contributed by atoms with E-state index in [4.69, 9.17) is 9.47 Å². The second-order valence-corrected chi connectivity index (χ2v) is 6.92. The average Bonchev–Trinajstić information content (AvgIpc) is 2.55. The molecule has 1 rings (SSSR count). The number of rotatable bonds is 10. The molecule has 0 spiro atoms. The molecule has 0 saturated carbocycles. The van der Waals surface area contributed by atoms with Crippen molar-refractivity contribution >= 4 is 11.9 Å². The number of hydrogen-bond donors (Lipinski definition) is 0. The molecule has 1 aromatic carbocycles. The van der Waals surface area contributed by atoms with Gasteiger partial charge in [0.25, 0.3) is 0 Å². The van der Waals surface area contributed by atoms with Crippen LogP contribution in [0.25, 0.3) is 0 Å². The van der Waals surface area contributed by atoms with Crippen molar-refractivity contribution in [2.45, 2.75) is 53.4 Å². The third-order valence-electron chi connectivity index (χ3n) is 3.57. The van der Waals surface area contributed by atoms with Crippen LogP contribution in [-0.4, -0.2) is 25.2 Å². The molecule has 4 nitrogen and oxygen atoms in total. The summed E-state index contributed by atoms with van der Waals surface area (Å²) in [6.07, 6.45) is 4.23. The molecule has 0 aliphatic rings. The van der Waals surface area contributed by atoms with Gasteiger partial charge in [-0.2, -0.15) is 0 Å². The number of carbonyl (C=O) groups excluding carboxylic acids is 2. The van der Waals surface area contributed by atoms with E-state index in [1.165, 1.54) is 6.42 Å². The van der Waals surface area contributed by atoms with Gasteiger partial charge in [-0.15, -0.1) is 0 Å². The Balaban J connectivity index is 2.50. The molecule has 0 radical (unpaired) electrons. The molecule has 0 aromatic heterocycles. The summed E-state index contributed by atoms with van der Waals surface area (Å²) in [6, 6.07) is 6.64. The molecule has 134 valence electrons. The Bertz CT molecular complexity index is 520. The first-order valence-electron chi connectivity index (χ1n) is 8.85. The van der Waals surface area contributed by atoms with Crippen LogP contribution in [-0.2, 0) is 9.47 Å². The highest BCUT2D eigenvalue weighted by Crippen LogP contribution is 2.14. The van der Waals surface area contributed by atoms with E-state index in [0.717, 1.165) is 19.3 Å². The van der Waals surface area contributed by atoms with Gasteiger partial charge in [-0.05, 0) is 30.4 Å². The van der Waals surface area contributed by atoms with E-state index in [0.29, 0.717) is 19.1 Å². The number of benzene rings is 1. The van der Waals surface area contributed by atoms with Crippen LogP contribution in [0.15, 0.2) is 24.3 Å². The molecule has 0 heterocycles. The van der Waals surface area contributed by atoms with Crippen LogP contribution in [0.1, 0.15) is 74.1 Å². The minimum atomic E-state index is -0.479. The molecular formula is C20H30O4. The summed E-state index contributed by atoms with van der Waals surface area (Å²) in [7, 11) is 0. The Hall–Kier alpha value is -1.84. The Morgan fingerprint density at radius 3 is 1.96 bits per heavy atom. The summed E-state index contributed by atoms with van der Waals surface area (Å²) < 4.78 is 10.5. The van der Waals surface area contributed by atoms with Crippen molar-refractivity contribution < 1.29 is 19.1 Å². The zero-order valence-corrected chi connectivity index (χ0v) is 15.3. The van der Waals surface area contributed by atoms with E-state index in [2.05, 4.69) is 13.8 Å². The number of hydrogen-bond acceptors (Lipinski definition) is 4. The average molecular weight is 334 g/mol. The molecule has 0 bridgehead atoms. The van der Waals surface area contributed by atoms with Gasteiger partial charge >= 0.3 is 11.9 Å². The van der Waals surface area contributed by atoms with Crippen molar-refractivity contribution in [3.05, 3.63) is 35.4 Å². The first-order valence-corrected chi connectivity index (χ1v) is 8.85. The predicted octanol–water partition coefficient (Wildman–Crippen LogP) is 4.87. The highest BCUT2D eigenvalue weighted by atomic mass is 16.5. The van der Waals surface area contributed by atoms with Gasteiger partial charge in [-0.1, -0.05) is 59.1 Å². The van der Waals surface area contributed by atoms with E-state index < -0.39 is 11.9 Å². The van der Waals surface area contributed by atoms with Crippen molar-refractivity contribution in [3.8, 4) is 0 Å². The maximum absolute atomic E-state index is 12.2. The first kappa shape index (κ1) is 20.2. The Labute approximate surface area is 145 Å². The maximum atomic E-state index is 12.2. The smallest absolute Gasteiger partial charge is 0.339 e. The molecular weight excluding hydrogens is 304 g/mol. The first-order chi connectivity index (χ1) is 11.4. The van der Waals surface area contributed by atoms with Gasteiger partial charge in [0.2, 0.25) is 0 Å². The highest BCUT2D eigenvalue weighted by molar-refractivity contribution is 6.03. The summed E-state index contributed by atoms with van der Waals surface area (Å²) in [5.74, 6) is 0.0133. The van der Waals surface area contributed by atoms with Crippen LogP contribution in [0.4, 0.5) is 0 Å². The van der Waals surface area contributed by atoms with Crippen LogP contribution in [0.5, 0.6) is 0 Å². The zero-order valence-electron chi connectivity index (χ0n) is 15.3. The van der Waals surface area contributed by atoms with Gasteiger partial charge in [0.1, 0.15) is 0 Å². The van der Waals surface area contributed by atoms with Crippen LogP contribution in [0.3, 0.4) is 0 Å². The number of carbonyl (C=O) groups is 2.